The number of carbonyl (C=O) groups excluding carboxylic acids is 1. The highest BCUT2D eigenvalue weighted by Gasteiger charge is 2.21. The molecular formula is C7H7NO4. The van der Waals surface area contributed by atoms with E-state index < -0.39 is 11.8 Å². The van der Waals surface area contributed by atoms with Gasteiger partial charge in [0.15, 0.2) is 11.5 Å². The molecule has 0 atom stereocenters. The van der Waals surface area contributed by atoms with Crippen molar-refractivity contribution in [3.8, 4) is 0 Å². The first-order valence-corrected chi connectivity index (χ1v) is 3.24. The maximum absolute atomic E-state index is 10.8. The summed E-state index contributed by atoms with van der Waals surface area (Å²) in [5.41, 5.74) is -0.275. The molecule has 0 spiro atoms. The first kappa shape index (κ1) is 8.45. The molecule has 1 heterocycles. The molecule has 1 aromatic heterocycles. The highest BCUT2D eigenvalue weighted by Crippen LogP contribution is 2.13. The third-order valence-corrected chi connectivity index (χ3v) is 1.41. The largest absolute Gasteiger partial charge is 0.477 e. The van der Waals surface area contributed by atoms with E-state index in [1.54, 1.807) is 0 Å². The molecule has 0 unspecified atom stereocenters. The minimum absolute atomic E-state index is 0.125. The van der Waals surface area contributed by atoms with Crippen LogP contribution in [0.1, 0.15) is 33.5 Å². The summed E-state index contributed by atoms with van der Waals surface area (Å²) in [6.45, 7) is 2.69. The van der Waals surface area contributed by atoms with Gasteiger partial charge in [-0.3, -0.25) is 4.79 Å². The van der Waals surface area contributed by atoms with E-state index in [1.807, 2.05) is 0 Å². The first-order chi connectivity index (χ1) is 5.54. The van der Waals surface area contributed by atoms with E-state index in [-0.39, 0.29) is 17.0 Å². The zero-order chi connectivity index (χ0) is 9.30. The third-order valence-electron chi connectivity index (χ3n) is 1.41. The van der Waals surface area contributed by atoms with Crippen molar-refractivity contribution in [2.24, 2.45) is 0 Å². The van der Waals surface area contributed by atoms with Crippen molar-refractivity contribution in [1.29, 1.82) is 0 Å². The van der Waals surface area contributed by atoms with Crippen LogP contribution in [0.15, 0.2) is 4.52 Å². The number of ketones is 1. The highest BCUT2D eigenvalue weighted by atomic mass is 16.5. The van der Waals surface area contributed by atoms with Gasteiger partial charge in [0.05, 0.1) is 0 Å². The van der Waals surface area contributed by atoms with E-state index in [1.165, 1.54) is 13.8 Å². The van der Waals surface area contributed by atoms with E-state index in [0.717, 1.165) is 0 Å². The van der Waals surface area contributed by atoms with Gasteiger partial charge in [-0.2, -0.15) is 0 Å². The van der Waals surface area contributed by atoms with Crippen molar-refractivity contribution in [3.63, 3.8) is 0 Å². The van der Waals surface area contributed by atoms with Gasteiger partial charge in [0, 0.05) is 6.92 Å². The molecule has 0 fully saturated rings. The molecule has 1 N–H and O–H groups in total. The average molecular weight is 169 g/mol. The summed E-state index contributed by atoms with van der Waals surface area (Å²) in [5, 5.41) is 12.0. The minimum atomic E-state index is -1.20. The molecule has 1 aromatic rings. The highest BCUT2D eigenvalue weighted by molar-refractivity contribution is 6.03. The molecule has 0 saturated heterocycles. The Morgan fingerprint density at radius 1 is 1.50 bits per heavy atom. The second-order valence-corrected chi connectivity index (χ2v) is 2.32. The summed E-state index contributed by atoms with van der Waals surface area (Å²) in [4.78, 5) is 21.4. The number of aryl methyl sites for hydroxylation is 1. The lowest BCUT2D eigenvalue weighted by Crippen LogP contribution is -2.05. The van der Waals surface area contributed by atoms with Crippen molar-refractivity contribution in [2.45, 2.75) is 13.8 Å². The van der Waals surface area contributed by atoms with E-state index in [2.05, 4.69) is 9.68 Å². The monoisotopic (exact) mass is 169 g/mol. The van der Waals surface area contributed by atoms with Crippen LogP contribution in [-0.4, -0.2) is 22.0 Å². The Labute approximate surface area is 68.0 Å². The van der Waals surface area contributed by atoms with Gasteiger partial charge in [-0.15, -0.1) is 0 Å². The lowest BCUT2D eigenvalue weighted by Gasteiger charge is -1.89. The molecule has 64 valence electrons. The Kier molecular flexibility index (Phi) is 1.95. The lowest BCUT2D eigenvalue weighted by molar-refractivity contribution is 0.0691. The second kappa shape index (κ2) is 2.77. The maximum Gasteiger partial charge on any atom is 0.341 e. The number of aromatic nitrogens is 1. The minimum Gasteiger partial charge on any atom is -0.477 e. The average Bonchev–Trinajstić information content (AvgIpc) is 2.30. The Morgan fingerprint density at radius 3 is 2.42 bits per heavy atom. The topological polar surface area (TPSA) is 80.4 Å². The van der Waals surface area contributed by atoms with E-state index in [9.17, 15) is 9.59 Å². The summed E-state index contributed by atoms with van der Waals surface area (Å²) in [6, 6.07) is 0. The Morgan fingerprint density at radius 2 is 2.08 bits per heavy atom. The van der Waals surface area contributed by atoms with Crippen LogP contribution in [0.5, 0.6) is 0 Å². The maximum atomic E-state index is 10.8. The van der Waals surface area contributed by atoms with Gasteiger partial charge in [0.2, 0.25) is 0 Å². The van der Waals surface area contributed by atoms with Crippen LogP contribution < -0.4 is 0 Å². The normalized spacial score (nSPS) is 9.83. The van der Waals surface area contributed by atoms with Crippen LogP contribution in [-0.2, 0) is 0 Å². The fourth-order valence-corrected chi connectivity index (χ4v) is 0.864. The third kappa shape index (κ3) is 1.20. The number of carboxylic acids is 1. The second-order valence-electron chi connectivity index (χ2n) is 2.32. The van der Waals surface area contributed by atoms with Crippen molar-refractivity contribution in [3.05, 3.63) is 17.0 Å². The molecule has 0 radical (unpaired) electrons. The summed E-state index contributed by atoms with van der Waals surface area (Å²) in [5.74, 6) is -1.46. The summed E-state index contributed by atoms with van der Waals surface area (Å²) < 4.78 is 4.57. The van der Waals surface area contributed by atoms with Gasteiger partial charge in [-0.25, -0.2) is 4.79 Å². The SMILES string of the molecule is CC(=O)c1noc(C)c1C(=O)O. The van der Waals surface area contributed by atoms with Crippen LogP contribution in [0.3, 0.4) is 0 Å². The first-order valence-electron chi connectivity index (χ1n) is 3.24. The fraction of sp³-hybridized carbons (Fsp3) is 0.286. The van der Waals surface area contributed by atoms with Crippen LogP contribution >= 0.6 is 0 Å². The van der Waals surface area contributed by atoms with Gasteiger partial charge >= 0.3 is 5.97 Å². The number of aromatic carboxylic acids is 1. The van der Waals surface area contributed by atoms with Gasteiger partial charge in [-0.1, -0.05) is 5.16 Å². The molecular weight excluding hydrogens is 162 g/mol. The standard InChI is InChI=1S/C7H7NO4/c1-3(9)6-5(7(10)11)4(2)12-8-6/h1-2H3,(H,10,11). The fourth-order valence-electron chi connectivity index (χ4n) is 0.864. The van der Waals surface area contributed by atoms with E-state index in [4.69, 9.17) is 5.11 Å². The number of hydrogen-bond acceptors (Lipinski definition) is 4. The zero-order valence-corrected chi connectivity index (χ0v) is 6.62. The number of nitrogens with zero attached hydrogens (tertiary/aromatic N) is 1. The number of carbonyl (C=O) groups is 2. The molecule has 12 heavy (non-hydrogen) atoms. The number of hydrogen-bond donors (Lipinski definition) is 1. The molecule has 0 saturated carbocycles. The Balaban J connectivity index is 3.31. The van der Waals surface area contributed by atoms with Crippen LogP contribution in [0.2, 0.25) is 0 Å². The molecule has 0 amide bonds. The van der Waals surface area contributed by atoms with Gasteiger partial charge in [0.25, 0.3) is 0 Å². The lowest BCUT2D eigenvalue weighted by atomic mass is 10.1. The predicted molar refractivity (Wildman–Crippen MR) is 38.2 cm³/mol. The number of Topliss-reactive ketones (excluding diaryl/α,β-unsaturated/α-hetero) is 1. The zero-order valence-electron chi connectivity index (χ0n) is 6.62. The summed E-state index contributed by atoms with van der Waals surface area (Å²) >= 11 is 0. The van der Waals surface area contributed by atoms with Crippen molar-refractivity contribution in [2.75, 3.05) is 0 Å². The molecule has 0 aliphatic rings. The predicted octanol–water partition coefficient (Wildman–Crippen LogP) is 0.884. The Bertz CT molecular complexity index is 339. The molecule has 1 rings (SSSR count). The molecule has 0 aliphatic heterocycles. The molecule has 5 heteroatoms. The van der Waals surface area contributed by atoms with Crippen LogP contribution in [0.4, 0.5) is 0 Å². The molecule has 0 bridgehead atoms. The Hall–Kier alpha value is -1.65. The summed E-state index contributed by atoms with van der Waals surface area (Å²) in [6.07, 6.45) is 0. The molecule has 0 aromatic carbocycles. The van der Waals surface area contributed by atoms with Crippen molar-refractivity contribution >= 4 is 11.8 Å². The van der Waals surface area contributed by atoms with E-state index in [0.29, 0.717) is 0 Å². The number of rotatable bonds is 2. The van der Waals surface area contributed by atoms with Crippen molar-refractivity contribution in [1.82, 2.24) is 5.16 Å². The van der Waals surface area contributed by atoms with Gasteiger partial charge in [0.1, 0.15) is 11.3 Å². The quantitative estimate of drug-likeness (QED) is 0.664. The van der Waals surface area contributed by atoms with Gasteiger partial charge in [-0.05, 0) is 6.92 Å². The molecule has 0 aliphatic carbocycles. The smallest absolute Gasteiger partial charge is 0.341 e. The van der Waals surface area contributed by atoms with Crippen LogP contribution in [0.25, 0.3) is 0 Å². The number of carboxylic acid groups (broad SMARTS) is 1. The molecule has 5 nitrogen and oxygen atoms in total. The van der Waals surface area contributed by atoms with Gasteiger partial charge < -0.3 is 9.63 Å². The summed E-state index contributed by atoms with van der Waals surface area (Å²) in [7, 11) is 0. The van der Waals surface area contributed by atoms with Crippen LogP contribution in [0, 0.1) is 6.92 Å². The van der Waals surface area contributed by atoms with Crippen molar-refractivity contribution < 1.29 is 19.2 Å². The van der Waals surface area contributed by atoms with E-state index >= 15 is 0 Å².